The first kappa shape index (κ1) is 15.1. The molecule has 0 bridgehead atoms. The fourth-order valence-corrected chi connectivity index (χ4v) is 3.08. The Bertz CT molecular complexity index is 539. The molecule has 1 fully saturated rings. The second-order valence-corrected chi connectivity index (χ2v) is 6.03. The van der Waals surface area contributed by atoms with Crippen LogP contribution in [0.15, 0.2) is 18.2 Å². The second kappa shape index (κ2) is 6.54. The molecule has 2 unspecified atom stereocenters. The van der Waals surface area contributed by atoms with Gasteiger partial charge in [0.2, 0.25) is 12.7 Å². The Morgan fingerprint density at radius 3 is 2.73 bits per heavy atom. The van der Waals surface area contributed by atoms with Gasteiger partial charge in [-0.15, -0.1) is 0 Å². The predicted molar refractivity (Wildman–Crippen MR) is 81.4 cm³/mol. The minimum Gasteiger partial charge on any atom is -0.454 e. The lowest BCUT2D eigenvalue weighted by Crippen LogP contribution is -3.15. The van der Waals surface area contributed by atoms with Gasteiger partial charge in [-0.2, -0.15) is 0 Å². The number of carbonyl (C=O) groups excluding carboxylic acids is 1. The third kappa shape index (κ3) is 3.69. The highest BCUT2D eigenvalue weighted by molar-refractivity contribution is 5.91. The quantitative estimate of drug-likeness (QED) is 0.847. The summed E-state index contributed by atoms with van der Waals surface area (Å²) in [5.41, 5.74) is 0.743. The van der Waals surface area contributed by atoms with Crippen LogP contribution in [0, 0.1) is 0 Å². The summed E-state index contributed by atoms with van der Waals surface area (Å²) >= 11 is 0. The van der Waals surface area contributed by atoms with Crippen LogP contribution < -0.4 is 19.7 Å². The molecular formula is C16H23N2O4+. The lowest BCUT2D eigenvalue weighted by molar-refractivity contribution is -0.914. The second-order valence-electron chi connectivity index (χ2n) is 6.03. The fourth-order valence-electron chi connectivity index (χ4n) is 3.08. The molecule has 1 saturated heterocycles. The maximum Gasteiger partial charge on any atom is 0.231 e. The number of carbonyl (C=O) groups is 1. The normalized spacial score (nSPS) is 26.7. The van der Waals surface area contributed by atoms with Crippen molar-refractivity contribution in [2.45, 2.75) is 32.5 Å². The number of hydrogen-bond acceptors (Lipinski definition) is 4. The molecule has 0 aromatic heterocycles. The van der Waals surface area contributed by atoms with Gasteiger partial charge in [-0.05, 0) is 26.0 Å². The average Bonchev–Trinajstić information content (AvgIpc) is 2.92. The summed E-state index contributed by atoms with van der Waals surface area (Å²) in [6.07, 6.45) is 1.02. The zero-order valence-corrected chi connectivity index (χ0v) is 13.1. The van der Waals surface area contributed by atoms with Crippen LogP contribution in [0.25, 0.3) is 0 Å². The molecule has 22 heavy (non-hydrogen) atoms. The zero-order chi connectivity index (χ0) is 15.5. The molecule has 6 nitrogen and oxygen atoms in total. The van der Waals surface area contributed by atoms with E-state index < -0.39 is 0 Å². The molecular weight excluding hydrogens is 284 g/mol. The summed E-state index contributed by atoms with van der Waals surface area (Å²) in [7, 11) is 0. The van der Waals surface area contributed by atoms with E-state index in [4.69, 9.17) is 14.2 Å². The summed E-state index contributed by atoms with van der Waals surface area (Å²) in [5.74, 6) is 1.43. The SMILES string of the molecule is CC1C[NH+](CCC(=O)Nc2ccc3c(c2)OCO3)CC(C)O1. The maximum absolute atomic E-state index is 12.1. The van der Waals surface area contributed by atoms with Gasteiger partial charge in [-0.25, -0.2) is 0 Å². The van der Waals surface area contributed by atoms with E-state index in [0.717, 1.165) is 31.1 Å². The van der Waals surface area contributed by atoms with Crippen molar-refractivity contribution in [3.63, 3.8) is 0 Å². The Morgan fingerprint density at radius 1 is 1.23 bits per heavy atom. The van der Waals surface area contributed by atoms with E-state index >= 15 is 0 Å². The Kier molecular flexibility index (Phi) is 4.49. The summed E-state index contributed by atoms with van der Waals surface area (Å²) in [5, 5.41) is 2.91. The number of benzene rings is 1. The first-order valence-corrected chi connectivity index (χ1v) is 7.78. The van der Waals surface area contributed by atoms with E-state index in [9.17, 15) is 4.79 Å². The molecule has 2 aliphatic heterocycles. The van der Waals surface area contributed by atoms with Gasteiger partial charge >= 0.3 is 0 Å². The maximum atomic E-state index is 12.1. The average molecular weight is 307 g/mol. The smallest absolute Gasteiger partial charge is 0.231 e. The Hall–Kier alpha value is -1.79. The topological polar surface area (TPSA) is 61.2 Å². The van der Waals surface area contributed by atoms with Crippen LogP contribution in [0.5, 0.6) is 11.5 Å². The number of hydrogen-bond donors (Lipinski definition) is 2. The third-order valence-corrected chi connectivity index (χ3v) is 3.98. The van der Waals surface area contributed by atoms with E-state index in [1.165, 1.54) is 4.90 Å². The molecule has 0 radical (unpaired) electrons. The van der Waals surface area contributed by atoms with Crippen LogP contribution in [0.2, 0.25) is 0 Å². The van der Waals surface area contributed by atoms with Crippen molar-refractivity contribution in [1.82, 2.24) is 0 Å². The van der Waals surface area contributed by atoms with Crippen molar-refractivity contribution in [1.29, 1.82) is 0 Å². The molecule has 1 aromatic carbocycles. The monoisotopic (exact) mass is 307 g/mol. The number of nitrogens with one attached hydrogen (secondary N) is 2. The van der Waals surface area contributed by atoms with Crippen molar-refractivity contribution >= 4 is 11.6 Å². The highest BCUT2D eigenvalue weighted by Gasteiger charge is 2.25. The lowest BCUT2D eigenvalue weighted by Gasteiger charge is -2.32. The predicted octanol–water partition coefficient (Wildman–Crippen LogP) is 0.436. The highest BCUT2D eigenvalue weighted by atomic mass is 16.7. The minimum absolute atomic E-state index is 0.0261. The van der Waals surface area contributed by atoms with Crippen molar-refractivity contribution < 1.29 is 23.9 Å². The van der Waals surface area contributed by atoms with E-state index in [0.29, 0.717) is 12.2 Å². The van der Waals surface area contributed by atoms with Gasteiger partial charge in [0.15, 0.2) is 11.5 Å². The molecule has 6 heteroatoms. The molecule has 0 saturated carbocycles. The molecule has 2 heterocycles. The van der Waals surface area contributed by atoms with Gasteiger partial charge in [-0.3, -0.25) is 4.79 Å². The van der Waals surface area contributed by atoms with Crippen molar-refractivity contribution in [2.24, 2.45) is 0 Å². The number of rotatable bonds is 4. The summed E-state index contributed by atoms with van der Waals surface area (Å²) in [4.78, 5) is 13.5. The first-order chi connectivity index (χ1) is 10.6. The number of anilines is 1. The number of ether oxygens (including phenoxy) is 3. The van der Waals surface area contributed by atoms with Crippen molar-refractivity contribution in [2.75, 3.05) is 31.7 Å². The fraction of sp³-hybridized carbons (Fsp3) is 0.562. The summed E-state index contributed by atoms with van der Waals surface area (Å²) in [6.45, 7) is 7.16. The van der Waals surface area contributed by atoms with Crippen LogP contribution in [0.1, 0.15) is 20.3 Å². The van der Waals surface area contributed by atoms with E-state index in [1.807, 2.05) is 12.1 Å². The van der Waals surface area contributed by atoms with Crippen molar-refractivity contribution in [3.05, 3.63) is 18.2 Å². The van der Waals surface area contributed by atoms with E-state index in [2.05, 4.69) is 19.2 Å². The molecule has 2 aliphatic rings. The van der Waals surface area contributed by atoms with Crippen LogP contribution in [-0.4, -0.2) is 44.5 Å². The highest BCUT2D eigenvalue weighted by Crippen LogP contribution is 2.34. The number of amides is 1. The molecule has 1 aromatic rings. The molecule has 3 rings (SSSR count). The minimum atomic E-state index is 0.0261. The van der Waals surface area contributed by atoms with Gasteiger partial charge in [-0.1, -0.05) is 0 Å². The van der Waals surface area contributed by atoms with Crippen LogP contribution >= 0.6 is 0 Å². The molecule has 120 valence electrons. The number of fused-ring (bicyclic) bond motifs is 1. The number of quaternary nitrogens is 1. The zero-order valence-electron chi connectivity index (χ0n) is 13.1. The molecule has 2 atom stereocenters. The van der Waals surface area contributed by atoms with Gasteiger partial charge < -0.3 is 24.4 Å². The molecule has 1 amide bonds. The standard InChI is InChI=1S/C16H22N2O4/c1-11-8-18(9-12(2)22-11)6-5-16(19)17-13-3-4-14-15(7-13)21-10-20-14/h3-4,7,11-12H,5-6,8-10H2,1-2H3,(H,17,19)/p+1. The largest absolute Gasteiger partial charge is 0.454 e. The van der Waals surface area contributed by atoms with E-state index in [-0.39, 0.29) is 24.9 Å². The van der Waals surface area contributed by atoms with Gasteiger partial charge in [0, 0.05) is 11.8 Å². The van der Waals surface area contributed by atoms with Crippen LogP contribution in [0.3, 0.4) is 0 Å². The third-order valence-electron chi connectivity index (χ3n) is 3.98. The Balaban J connectivity index is 1.48. The van der Waals surface area contributed by atoms with Crippen LogP contribution in [-0.2, 0) is 9.53 Å². The summed E-state index contributed by atoms with van der Waals surface area (Å²) in [6, 6.07) is 5.44. The Labute approximate surface area is 130 Å². The van der Waals surface area contributed by atoms with Gasteiger partial charge in [0.25, 0.3) is 0 Å². The van der Waals surface area contributed by atoms with Gasteiger partial charge in [0.1, 0.15) is 25.3 Å². The van der Waals surface area contributed by atoms with E-state index in [1.54, 1.807) is 6.07 Å². The lowest BCUT2D eigenvalue weighted by atomic mass is 10.2. The Morgan fingerprint density at radius 2 is 1.95 bits per heavy atom. The van der Waals surface area contributed by atoms with Gasteiger partial charge in [0.05, 0.1) is 13.0 Å². The first-order valence-electron chi connectivity index (χ1n) is 7.78. The molecule has 0 aliphatic carbocycles. The molecule has 2 N–H and O–H groups in total. The summed E-state index contributed by atoms with van der Waals surface area (Å²) < 4.78 is 16.3. The van der Waals surface area contributed by atoms with Crippen LogP contribution in [0.4, 0.5) is 5.69 Å². The number of morpholine rings is 1. The van der Waals surface area contributed by atoms with Crippen molar-refractivity contribution in [3.8, 4) is 11.5 Å². The molecule has 0 spiro atoms.